The predicted molar refractivity (Wildman–Crippen MR) is 118 cm³/mol. The number of aliphatic hydroxyl groups is 1. The van der Waals surface area contributed by atoms with E-state index in [4.69, 9.17) is 10.5 Å². The van der Waals surface area contributed by atoms with Gasteiger partial charge in [-0.3, -0.25) is 9.36 Å². The van der Waals surface area contributed by atoms with Crippen LogP contribution in [0.2, 0.25) is 0 Å². The van der Waals surface area contributed by atoms with Crippen molar-refractivity contribution in [2.45, 2.75) is 44.3 Å². The first-order valence-electron chi connectivity index (χ1n) is 10.9. The van der Waals surface area contributed by atoms with Gasteiger partial charge in [0, 0.05) is 29.8 Å². The maximum Gasteiger partial charge on any atom is 0.387 e. The van der Waals surface area contributed by atoms with Crippen LogP contribution in [-0.2, 0) is 0 Å². The number of primary amides is 1. The van der Waals surface area contributed by atoms with Gasteiger partial charge in [-0.05, 0) is 43.9 Å². The van der Waals surface area contributed by atoms with E-state index < -0.39 is 35.9 Å². The Morgan fingerprint density at radius 1 is 1.11 bits per heavy atom. The van der Waals surface area contributed by atoms with Crippen LogP contribution in [0.15, 0.2) is 36.5 Å². The summed E-state index contributed by atoms with van der Waals surface area (Å²) in [5, 5.41) is 9.85. The second-order valence-corrected chi connectivity index (χ2v) is 8.25. The number of hydrogen-bond acceptors (Lipinski definition) is 5. The molecule has 4 rings (SSSR count). The lowest BCUT2D eigenvalue weighted by molar-refractivity contribution is -0.0498. The van der Waals surface area contributed by atoms with Gasteiger partial charge >= 0.3 is 6.61 Å². The van der Waals surface area contributed by atoms with Gasteiger partial charge in [-0.1, -0.05) is 0 Å². The molecule has 11 heteroatoms. The van der Waals surface area contributed by atoms with E-state index in [0.717, 1.165) is 28.8 Å². The van der Waals surface area contributed by atoms with Crippen LogP contribution < -0.4 is 15.2 Å². The monoisotopic (exact) mass is 493 g/mol. The number of methoxy groups -OCH3 is 1. The Balaban J connectivity index is 1.94. The fourth-order valence-corrected chi connectivity index (χ4v) is 4.32. The normalized spacial score (nSPS) is 18.0. The minimum Gasteiger partial charge on any atom is -0.497 e. The number of alkyl halides is 2. The van der Waals surface area contributed by atoms with E-state index in [2.05, 4.69) is 9.72 Å². The molecule has 186 valence electrons. The number of imidazole rings is 1. The minimum atomic E-state index is -3.14. The molecule has 1 fully saturated rings. The number of hydrogen-bond donors (Lipinski definition) is 2. The second kappa shape index (κ2) is 9.95. The van der Waals surface area contributed by atoms with Crippen molar-refractivity contribution in [3.05, 3.63) is 59.4 Å². The van der Waals surface area contributed by atoms with E-state index in [9.17, 15) is 18.7 Å². The van der Waals surface area contributed by atoms with Crippen LogP contribution in [0.25, 0.3) is 17.1 Å². The van der Waals surface area contributed by atoms with E-state index in [1.807, 2.05) is 0 Å². The van der Waals surface area contributed by atoms with Crippen molar-refractivity contribution >= 4 is 5.91 Å². The van der Waals surface area contributed by atoms with Crippen LogP contribution in [0.3, 0.4) is 0 Å². The average Bonchev–Trinajstić information content (AvgIpc) is 3.23. The Bertz CT molecular complexity index is 1220. The Hall–Kier alpha value is -3.60. The highest BCUT2D eigenvalue weighted by Gasteiger charge is 2.28. The van der Waals surface area contributed by atoms with Crippen molar-refractivity contribution in [3.63, 3.8) is 0 Å². The third kappa shape index (κ3) is 5.09. The van der Waals surface area contributed by atoms with Gasteiger partial charge in [0.1, 0.15) is 23.0 Å². The van der Waals surface area contributed by atoms with E-state index in [1.165, 1.54) is 19.4 Å². The molecule has 0 spiro atoms. The lowest BCUT2D eigenvalue weighted by Crippen LogP contribution is -2.17. The largest absolute Gasteiger partial charge is 0.497 e. The van der Waals surface area contributed by atoms with Crippen molar-refractivity contribution < 1.29 is 36.9 Å². The molecule has 0 aliphatic heterocycles. The summed E-state index contributed by atoms with van der Waals surface area (Å²) in [5.74, 6) is -3.36. The molecule has 2 aromatic carbocycles. The quantitative estimate of drug-likeness (QED) is 0.471. The van der Waals surface area contributed by atoms with Gasteiger partial charge in [0.05, 0.1) is 24.5 Å². The number of benzene rings is 2. The highest BCUT2D eigenvalue weighted by atomic mass is 19.3. The van der Waals surface area contributed by atoms with Crippen molar-refractivity contribution in [1.29, 1.82) is 0 Å². The summed E-state index contributed by atoms with van der Waals surface area (Å²) < 4.78 is 66.3. The molecule has 1 amide bonds. The number of nitrogens with zero attached hydrogens (tertiary/aromatic N) is 2. The lowest BCUT2D eigenvalue weighted by Gasteiger charge is -2.23. The van der Waals surface area contributed by atoms with E-state index in [-0.39, 0.29) is 34.4 Å². The van der Waals surface area contributed by atoms with Gasteiger partial charge in [0.15, 0.2) is 11.6 Å². The molecule has 1 saturated carbocycles. The number of rotatable bonds is 7. The van der Waals surface area contributed by atoms with Crippen molar-refractivity contribution in [1.82, 2.24) is 9.55 Å². The number of halogens is 4. The fraction of sp³-hybridized carbons (Fsp3) is 0.333. The number of amides is 1. The van der Waals surface area contributed by atoms with Crippen LogP contribution in [-0.4, -0.2) is 40.4 Å². The molecule has 1 aliphatic rings. The molecule has 0 atom stereocenters. The number of aliphatic hydroxyl groups excluding tert-OH is 1. The lowest BCUT2D eigenvalue weighted by atomic mass is 9.86. The summed E-state index contributed by atoms with van der Waals surface area (Å²) in [6.07, 6.45) is 3.24. The van der Waals surface area contributed by atoms with E-state index in [1.54, 1.807) is 0 Å². The van der Waals surface area contributed by atoms with Crippen molar-refractivity contribution in [2.24, 2.45) is 5.73 Å². The zero-order valence-corrected chi connectivity index (χ0v) is 18.7. The van der Waals surface area contributed by atoms with Gasteiger partial charge in [-0.15, -0.1) is 0 Å². The highest BCUT2D eigenvalue weighted by molar-refractivity contribution is 5.99. The molecular weight excluding hydrogens is 470 g/mol. The number of carbonyl (C=O) groups excluding carboxylic acids is 1. The first-order valence-corrected chi connectivity index (χ1v) is 10.9. The van der Waals surface area contributed by atoms with E-state index in [0.29, 0.717) is 31.4 Å². The first kappa shape index (κ1) is 24.5. The smallest absolute Gasteiger partial charge is 0.387 e. The SMILES string of the molecule is COc1cc(F)c(-n2cc(C3CCC(O)CC3)nc2-c2cc(OC(F)F)ccc2C(N)=O)c(F)c1. The van der Waals surface area contributed by atoms with E-state index >= 15 is 8.78 Å². The van der Waals surface area contributed by atoms with Gasteiger partial charge in [-0.2, -0.15) is 8.78 Å². The molecular formula is C24H23F4N3O4. The average molecular weight is 493 g/mol. The summed E-state index contributed by atoms with van der Waals surface area (Å²) in [5.41, 5.74) is 5.34. The summed E-state index contributed by atoms with van der Waals surface area (Å²) in [6, 6.07) is 5.43. The van der Waals surface area contributed by atoms with Crippen LogP contribution in [0, 0.1) is 11.6 Å². The van der Waals surface area contributed by atoms with Crippen LogP contribution >= 0.6 is 0 Å². The van der Waals surface area contributed by atoms with Gasteiger partial charge in [0.2, 0.25) is 5.91 Å². The Morgan fingerprint density at radius 3 is 2.34 bits per heavy atom. The van der Waals surface area contributed by atoms with Gasteiger partial charge in [0.25, 0.3) is 0 Å². The molecule has 0 radical (unpaired) electrons. The molecule has 1 aliphatic carbocycles. The third-order valence-corrected chi connectivity index (χ3v) is 6.03. The third-order valence-electron chi connectivity index (χ3n) is 6.03. The van der Waals surface area contributed by atoms with Crippen LogP contribution in [0.4, 0.5) is 17.6 Å². The second-order valence-electron chi connectivity index (χ2n) is 8.25. The fourth-order valence-electron chi connectivity index (χ4n) is 4.32. The zero-order chi connectivity index (χ0) is 25.3. The molecule has 1 aromatic heterocycles. The standard InChI is InChI=1S/C24H23F4N3O4/c1-34-15-9-18(25)21(19(26)10-15)31-11-20(12-2-4-13(32)5-3-12)30-23(31)17-8-14(35-24(27)28)6-7-16(17)22(29)33/h6-13,24,32H,2-5H2,1H3,(H2,29,33). The topological polar surface area (TPSA) is 99.6 Å². The van der Waals surface area contributed by atoms with Crippen molar-refractivity contribution in [3.8, 4) is 28.6 Å². The zero-order valence-electron chi connectivity index (χ0n) is 18.7. The van der Waals surface area contributed by atoms with Crippen molar-refractivity contribution in [2.75, 3.05) is 7.11 Å². The Labute approximate surface area is 198 Å². The molecule has 0 unspecified atom stereocenters. The molecule has 0 bridgehead atoms. The number of aromatic nitrogens is 2. The summed E-state index contributed by atoms with van der Waals surface area (Å²) in [4.78, 5) is 16.7. The van der Waals surface area contributed by atoms with Crippen LogP contribution in [0.1, 0.15) is 47.7 Å². The van der Waals surface area contributed by atoms with Gasteiger partial charge < -0.3 is 20.3 Å². The molecule has 35 heavy (non-hydrogen) atoms. The summed E-state index contributed by atoms with van der Waals surface area (Å²) in [7, 11) is 1.26. The van der Waals surface area contributed by atoms with Crippen LogP contribution in [0.5, 0.6) is 11.5 Å². The molecule has 3 N–H and O–H groups in total. The molecule has 7 nitrogen and oxygen atoms in total. The van der Waals surface area contributed by atoms with Gasteiger partial charge in [-0.25, -0.2) is 13.8 Å². The maximum absolute atomic E-state index is 15.1. The summed E-state index contributed by atoms with van der Waals surface area (Å²) >= 11 is 0. The number of carbonyl (C=O) groups is 1. The predicted octanol–water partition coefficient (Wildman–Crippen LogP) is 4.54. The Kier molecular flexibility index (Phi) is 6.97. The highest BCUT2D eigenvalue weighted by Crippen LogP contribution is 2.37. The maximum atomic E-state index is 15.1. The molecule has 1 heterocycles. The minimum absolute atomic E-state index is 0.0348. The molecule has 0 saturated heterocycles. The first-order chi connectivity index (χ1) is 16.7. The summed E-state index contributed by atoms with van der Waals surface area (Å²) in [6.45, 7) is -3.14. The number of nitrogens with two attached hydrogens (primary N) is 1. The number of ether oxygens (including phenoxy) is 2. The Morgan fingerprint density at radius 2 is 1.77 bits per heavy atom. The molecule has 3 aromatic rings.